The van der Waals surface area contributed by atoms with Crippen molar-refractivity contribution in [2.45, 2.75) is 13.8 Å². The first-order chi connectivity index (χ1) is 16.2. The van der Waals surface area contributed by atoms with Crippen molar-refractivity contribution in [1.82, 2.24) is 23.3 Å². The van der Waals surface area contributed by atoms with Crippen molar-refractivity contribution < 1.29 is 0 Å². The SMILES string of the molecule is Cc1ccc(-n2c3nc4ccccc4n3c3ccc(C)cc3n3c4ccccc4nc23)cc1. The predicted octanol–water partition coefficient (Wildman–Crippen LogP) is 6.41. The van der Waals surface area contributed by atoms with E-state index in [-0.39, 0.29) is 0 Å². The van der Waals surface area contributed by atoms with Crippen LogP contribution in [0, 0.1) is 13.8 Å². The highest BCUT2D eigenvalue weighted by Crippen LogP contribution is 2.29. The van der Waals surface area contributed by atoms with Crippen molar-refractivity contribution in [3.8, 4) is 5.69 Å². The van der Waals surface area contributed by atoms with E-state index in [1.165, 1.54) is 11.1 Å². The lowest BCUT2D eigenvalue weighted by Gasteiger charge is -2.07. The van der Waals surface area contributed by atoms with Gasteiger partial charge < -0.3 is 0 Å². The summed E-state index contributed by atoms with van der Waals surface area (Å²) in [6.45, 7) is 4.24. The number of fused-ring (bicyclic) bond motifs is 9. The number of para-hydroxylation sites is 4. The molecule has 7 rings (SSSR count). The Morgan fingerprint density at radius 2 is 1.06 bits per heavy atom. The molecule has 0 atom stereocenters. The molecule has 3 heterocycles. The third-order valence-electron chi connectivity index (χ3n) is 6.39. The summed E-state index contributed by atoms with van der Waals surface area (Å²) in [5.41, 5.74) is 9.69. The van der Waals surface area contributed by atoms with Crippen LogP contribution in [0.15, 0.2) is 91.0 Å². The zero-order valence-corrected chi connectivity index (χ0v) is 18.4. The second kappa shape index (κ2) is 6.56. The second-order valence-corrected chi connectivity index (χ2v) is 8.63. The Bertz CT molecular complexity index is 1880. The molecular formula is C28H21N5. The minimum Gasteiger partial charge on any atom is -0.276 e. The van der Waals surface area contributed by atoms with E-state index in [0.29, 0.717) is 0 Å². The molecule has 5 nitrogen and oxygen atoms in total. The number of aromatic nitrogens is 5. The van der Waals surface area contributed by atoms with E-state index >= 15 is 0 Å². The molecule has 0 aliphatic carbocycles. The fourth-order valence-corrected chi connectivity index (χ4v) is 4.82. The molecule has 0 radical (unpaired) electrons. The standard InChI is InChI=1S/C28H21N5/c1-18-11-14-20(15-12-18)31-27-29-21-7-3-5-9-23(21)32(27)25-16-13-19(2)17-26(25)33-24-10-6-4-8-22(24)30-28(31)33/h3-17H,1-2H3. The first kappa shape index (κ1) is 18.2. The van der Waals surface area contributed by atoms with Gasteiger partial charge in [-0.2, -0.15) is 0 Å². The smallest absolute Gasteiger partial charge is 0.223 e. The molecule has 5 heteroatoms. The Morgan fingerprint density at radius 3 is 1.70 bits per heavy atom. The van der Waals surface area contributed by atoms with Crippen LogP contribution >= 0.6 is 0 Å². The molecular weight excluding hydrogens is 406 g/mol. The van der Waals surface area contributed by atoms with Crippen LogP contribution in [0.3, 0.4) is 0 Å². The molecule has 0 spiro atoms. The van der Waals surface area contributed by atoms with Crippen molar-refractivity contribution in [3.63, 3.8) is 0 Å². The van der Waals surface area contributed by atoms with Crippen molar-refractivity contribution >= 4 is 44.7 Å². The van der Waals surface area contributed by atoms with Gasteiger partial charge in [0.25, 0.3) is 0 Å². The summed E-state index contributed by atoms with van der Waals surface area (Å²) < 4.78 is 6.70. The number of imidazole rings is 2. The first-order valence-electron chi connectivity index (χ1n) is 11.1. The van der Waals surface area contributed by atoms with Gasteiger partial charge in [-0.05, 0) is 67.9 Å². The van der Waals surface area contributed by atoms with Crippen LogP contribution in [0.25, 0.3) is 50.3 Å². The number of aryl methyl sites for hydroxylation is 2. The zero-order valence-electron chi connectivity index (χ0n) is 18.4. The molecule has 0 fully saturated rings. The van der Waals surface area contributed by atoms with E-state index in [1.54, 1.807) is 0 Å². The van der Waals surface area contributed by atoms with E-state index in [2.05, 4.69) is 106 Å². The quantitative estimate of drug-likeness (QED) is 0.304. The Kier molecular flexibility index (Phi) is 3.62. The van der Waals surface area contributed by atoms with Gasteiger partial charge in [0.2, 0.25) is 11.6 Å². The van der Waals surface area contributed by atoms with Crippen LogP contribution in [0.1, 0.15) is 11.1 Å². The Hall–Kier alpha value is -4.38. The minimum atomic E-state index is 0.833. The molecule has 0 N–H and O–H groups in total. The molecule has 0 amide bonds. The summed E-state index contributed by atoms with van der Waals surface area (Å²) in [7, 11) is 0. The Morgan fingerprint density at radius 1 is 0.515 bits per heavy atom. The van der Waals surface area contributed by atoms with E-state index in [9.17, 15) is 0 Å². The van der Waals surface area contributed by atoms with Gasteiger partial charge in [-0.15, -0.1) is 0 Å². The van der Waals surface area contributed by atoms with Crippen LogP contribution in [0.5, 0.6) is 0 Å². The summed E-state index contributed by atoms with van der Waals surface area (Å²) in [6.07, 6.45) is 0. The van der Waals surface area contributed by atoms with Gasteiger partial charge in [-0.25, -0.2) is 14.5 Å². The Labute approximate surface area is 189 Å². The lowest BCUT2D eigenvalue weighted by atomic mass is 10.2. The highest BCUT2D eigenvalue weighted by Gasteiger charge is 2.18. The number of hydrogen-bond donors (Lipinski definition) is 0. The summed E-state index contributed by atoms with van der Waals surface area (Å²) in [4.78, 5) is 10.2. The van der Waals surface area contributed by atoms with E-state index in [4.69, 9.17) is 9.97 Å². The van der Waals surface area contributed by atoms with Crippen molar-refractivity contribution in [1.29, 1.82) is 0 Å². The van der Waals surface area contributed by atoms with Crippen molar-refractivity contribution in [2.24, 2.45) is 0 Å². The molecule has 0 saturated carbocycles. The first-order valence-corrected chi connectivity index (χ1v) is 11.1. The maximum Gasteiger partial charge on any atom is 0.223 e. The van der Waals surface area contributed by atoms with Gasteiger partial charge in [0, 0.05) is 0 Å². The molecule has 0 aliphatic rings. The molecule has 0 bridgehead atoms. The maximum atomic E-state index is 5.13. The average Bonchev–Trinajstić information content (AvgIpc) is 3.36. The molecule has 0 unspecified atom stereocenters. The lowest BCUT2D eigenvalue weighted by molar-refractivity contribution is 1.03. The highest BCUT2D eigenvalue weighted by atomic mass is 15.3. The molecule has 3 aromatic heterocycles. The number of nitrogens with zero attached hydrogens (tertiary/aromatic N) is 5. The third-order valence-corrected chi connectivity index (χ3v) is 6.39. The largest absolute Gasteiger partial charge is 0.276 e. The summed E-state index contributed by atoms with van der Waals surface area (Å²) in [6, 6.07) is 31.8. The molecule has 7 aromatic rings. The monoisotopic (exact) mass is 427 g/mol. The van der Waals surface area contributed by atoms with Gasteiger partial charge >= 0.3 is 0 Å². The van der Waals surface area contributed by atoms with Crippen molar-refractivity contribution in [2.75, 3.05) is 0 Å². The molecule has 0 saturated heterocycles. The van der Waals surface area contributed by atoms with Crippen molar-refractivity contribution in [3.05, 3.63) is 102 Å². The molecule has 0 aliphatic heterocycles. The second-order valence-electron chi connectivity index (χ2n) is 8.63. The molecule has 4 aromatic carbocycles. The van der Waals surface area contributed by atoms with E-state index < -0.39 is 0 Å². The van der Waals surface area contributed by atoms with E-state index in [1.807, 2.05) is 12.1 Å². The molecule has 158 valence electrons. The van der Waals surface area contributed by atoms with Crippen LogP contribution in [0.2, 0.25) is 0 Å². The third kappa shape index (κ3) is 2.53. The van der Waals surface area contributed by atoms with E-state index in [0.717, 1.165) is 50.3 Å². The fourth-order valence-electron chi connectivity index (χ4n) is 4.82. The maximum absolute atomic E-state index is 5.13. The normalized spacial score (nSPS) is 11.9. The number of rotatable bonds is 1. The highest BCUT2D eigenvalue weighted by molar-refractivity contribution is 5.93. The van der Waals surface area contributed by atoms with Gasteiger partial charge in [0.05, 0.1) is 38.8 Å². The van der Waals surface area contributed by atoms with Gasteiger partial charge in [0.15, 0.2) is 0 Å². The molecule has 33 heavy (non-hydrogen) atoms. The van der Waals surface area contributed by atoms with Crippen LogP contribution in [0.4, 0.5) is 0 Å². The Balaban J connectivity index is 1.89. The van der Waals surface area contributed by atoms with Crippen LogP contribution in [-0.4, -0.2) is 23.3 Å². The van der Waals surface area contributed by atoms with Gasteiger partial charge in [-0.3, -0.25) is 8.80 Å². The van der Waals surface area contributed by atoms with Gasteiger partial charge in [0.1, 0.15) is 0 Å². The topological polar surface area (TPSA) is 39.5 Å². The number of benzene rings is 4. The lowest BCUT2D eigenvalue weighted by Crippen LogP contribution is -2.01. The fraction of sp³-hybridized carbons (Fsp3) is 0.0714. The van der Waals surface area contributed by atoms with Crippen LogP contribution in [-0.2, 0) is 0 Å². The van der Waals surface area contributed by atoms with Crippen LogP contribution < -0.4 is 0 Å². The number of hydrogen-bond acceptors (Lipinski definition) is 2. The summed E-state index contributed by atoms with van der Waals surface area (Å²) in [5.74, 6) is 1.67. The summed E-state index contributed by atoms with van der Waals surface area (Å²) >= 11 is 0. The predicted molar refractivity (Wildman–Crippen MR) is 134 cm³/mol. The minimum absolute atomic E-state index is 0.833. The summed E-state index contributed by atoms with van der Waals surface area (Å²) in [5, 5.41) is 0. The van der Waals surface area contributed by atoms with Gasteiger partial charge in [-0.1, -0.05) is 48.0 Å². The zero-order chi connectivity index (χ0) is 22.1. The average molecular weight is 428 g/mol.